The molecule has 128 valence electrons. The van der Waals surface area contributed by atoms with Gasteiger partial charge in [-0.25, -0.2) is 12.8 Å². The first kappa shape index (κ1) is 17.6. The molecule has 0 aromatic heterocycles. The van der Waals surface area contributed by atoms with E-state index in [-0.39, 0.29) is 40.5 Å². The molecule has 4 nitrogen and oxygen atoms in total. The Labute approximate surface area is 149 Å². The summed E-state index contributed by atoms with van der Waals surface area (Å²) in [4.78, 5) is 0.0414. The summed E-state index contributed by atoms with van der Waals surface area (Å²) in [7, 11) is -3.75. The highest BCUT2D eigenvalue weighted by Crippen LogP contribution is 2.29. The van der Waals surface area contributed by atoms with E-state index < -0.39 is 16.1 Å². The lowest BCUT2D eigenvalue weighted by Crippen LogP contribution is -2.42. The smallest absolute Gasteiger partial charge is 0.243 e. The van der Waals surface area contributed by atoms with E-state index in [0.717, 1.165) is 5.56 Å². The molecule has 2 aromatic rings. The van der Waals surface area contributed by atoms with Gasteiger partial charge in [0, 0.05) is 23.1 Å². The van der Waals surface area contributed by atoms with Crippen molar-refractivity contribution in [2.75, 3.05) is 19.7 Å². The molecule has 0 N–H and O–H groups in total. The molecule has 24 heavy (non-hydrogen) atoms. The summed E-state index contributed by atoms with van der Waals surface area (Å²) in [6.07, 6.45) is -0.455. The Morgan fingerprint density at radius 1 is 1.08 bits per heavy atom. The van der Waals surface area contributed by atoms with Crippen molar-refractivity contribution in [3.63, 3.8) is 0 Å². The second-order valence-electron chi connectivity index (χ2n) is 5.38. The maximum absolute atomic E-state index is 13.0. The van der Waals surface area contributed by atoms with Crippen LogP contribution < -0.4 is 0 Å². The van der Waals surface area contributed by atoms with Gasteiger partial charge in [-0.2, -0.15) is 4.31 Å². The van der Waals surface area contributed by atoms with Crippen LogP contribution in [0.25, 0.3) is 0 Å². The first-order valence-electron chi connectivity index (χ1n) is 7.19. The van der Waals surface area contributed by atoms with Crippen LogP contribution in [0.3, 0.4) is 0 Å². The normalized spacial score (nSPS) is 19.4. The number of morpholine rings is 1. The lowest BCUT2D eigenvalue weighted by molar-refractivity contribution is -0.00258. The van der Waals surface area contributed by atoms with Gasteiger partial charge in [-0.1, -0.05) is 35.3 Å². The zero-order chi connectivity index (χ0) is 17.3. The predicted molar refractivity (Wildman–Crippen MR) is 90.3 cm³/mol. The van der Waals surface area contributed by atoms with Crippen LogP contribution in [0, 0.1) is 5.82 Å². The Morgan fingerprint density at radius 2 is 1.71 bits per heavy atom. The molecule has 0 radical (unpaired) electrons. The summed E-state index contributed by atoms with van der Waals surface area (Å²) in [5.74, 6) is -0.354. The summed E-state index contributed by atoms with van der Waals surface area (Å²) >= 11 is 11.8. The van der Waals surface area contributed by atoms with Gasteiger partial charge in [0.25, 0.3) is 0 Å². The average Bonchev–Trinajstić information content (AvgIpc) is 2.55. The van der Waals surface area contributed by atoms with Gasteiger partial charge >= 0.3 is 0 Å². The topological polar surface area (TPSA) is 46.6 Å². The Balaban J connectivity index is 1.86. The van der Waals surface area contributed by atoms with Crippen LogP contribution in [0.5, 0.6) is 0 Å². The Morgan fingerprint density at radius 3 is 2.33 bits per heavy atom. The SMILES string of the molecule is O=S(=O)(c1cc(Cl)cc(Cl)c1)N1CCOC(c2ccc(F)cc2)C1. The predicted octanol–water partition coefficient (Wildman–Crippen LogP) is 3.89. The molecule has 1 aliphatic rings. The van der Waals surface area contributed by atoms with Gasteiger partial charge in [-0.15, -0.1) is 0 Å². The van der Waals surface area contributed by atoms with Gasteiger partial charge in [0.05, 0.1) is 17.6 Å². The van der Waals surface area contributed by atoms with Crippen molar-refractivity contribution in [1.82, 2.24) is 4.31 Å². The fraction of sp³-hybridized carbons (Fsp3) is 0.250. The number of ether oxygens (including phenoxy) is 1. The number of rotatable bonds is 3. The average molecular weight is 390 g/mol. The van der Waals surface area contributed by atoms with Crippen molar-refractivity contribution in [1.29, 1.82) is 0 Å². The number of nitrogens with zero attached hydrogens (tertiary/aromatic N) is 1. The fourth-order valence-corrected chi connectivity index (χ4v) is 4.70. The van der Waals surface area contributed by atoms with Crippen LogP contribution in [-0.4, -0.2) is 32.4 Å². The molecular weight excluding hydrogens is 376 g/mol. The van der Waals surface area contributed by atoms with E-state index in [2.05, 4.69) is 0 Å². The first-order valence-corrected chi connectivity index (χ1v) is 9.39. The molecule has 0 spiro atoms. The van der Waals surface area contributed by atoms with Crippen molar-refractivity contribution >= 4 is 33.2 Å². The third-order valence-corrected chi connectivity index (χ3v) is 6.02. The maximum atomic E-state index is 13.0. The summed E-state index contributed by atoms with van der Waals surface area (Å²) in [5, 5.41) is 0.508. The molecular formula is C16H14Cl2FNO3S. The van der Waals surface area contributed by atoms with E-state index in [1.165, 1.54) is 34.6 Å². The zero-order valence-electron chi connectivity index (χ0n) is 12.5. The van der Waals surface area contributed by atoms with E-state index in [1.54, 1.807) is 12.1 Å². The van der Waals surface area contributed by atoms with Crippen LogP contribution >= 0.6 is 23.2 Å². The summed E-state index contributed by atoms with van der Waals surface area (Å²) < 4.78 is 45.6. The molecule has 1 fully saturated rings. The van der Waals surface area contributed by atoms with Crippen LogP contribution in [0.4, 0.5) is 4.39 Å². The summed E-state index contributed by atoms with van der Waals surface area (Å²) in [6, 6.07) is 10.0. The number of benzene rings is 2. The highest BCUT2D eigenvalue weighted by molar-refractivity contribution is 7.89. The molecule has 1 atom stereocenters. The monoisotopic (exact) mass is 389 g/mol. The van der Waals surface area contributed by atoms with Crippen molar-refractivity contribution in [2.45, 2.75) is 11.0 Å². The van der Waals surface area contributed by atoms with E-state index in [4.69, 9.17) is 27.9 Å². The molecule has 8 heteroatoms. The Kier molecular flexibility index (Phi) is 5.13. The molecule has 1 saturated heterocycles. The molecule has 1 heterocycles. The molecule has 1 aliphatic heterocycles. The number of halogens is 3. The second-order valence-corrected chi connectivity index (χ2v) is 8.19. The second kappa shape index (κ2) is 6.98. The zero-order valence-corrected chi connectivity index (χ0v) is 14.8. The van der Waals surface area contributed by atoms with E-state index in [0.29, 0.717) is 0 Å². The minimum Gasteiger partial charge on any atom is -0.371 e. The van der Waals surface area contributed by atoms with Crippen molar-refractivity contribution in [2.24, 2.45) is 0 Å². The molecule has 1 unspecified atom stereocenters. The van der Waals surface area contributed by atoms with Crippen LogP contribution in [0.2, 0.25) is 10.0 Å². The standard InChI is InChI=1S/C16H14Cl2FNO3S/c17-12-7-13(18)9-15(8-12)24(21,22)20-5-6-23-16(10-20)11-1-3-14(19)4-2-11/h1-4,7-9,16H,5-6,10H2. The first-order chi connectivity index (χ1) is 11.4. The molecule has 0 aliphatic carbocycles. The highest BCUT2D eigenvalue weighted by atomic mass is 35.5. The quantitative estimate of drug-likeness (QED) is 0.799. The molecule has 0 bridgehead atoms. The third-order valence-electron chi connectivity index (χ3n) is 3.74. The maximum Gasteiger partial charge on any atom is 0.243 e. The lowest BCUT2D eigenvalue weighted by Gasteiger charge is -2.32. The van der Waals surface area contributed by atoms with Crippen LogP contribution in [-0.2, 0) is 14.8 Å². The number of hydrogen-bond donors (Lipinski definition) is 0. The van der Waals surface area contributed by atoms with Gasteiger partial charge in [0.15, 0.2) is 0 Å². The molecule has 3 rings (SSSR count). The Bertz CT molecular complexity index is 823. The lowest BCUT2D eigenvalue weighted by atomic mass is 10.1. The number of hydrogen-bond acceptors (Lipinski definition) is 3. The summed E-state index contributed by atoms with van der Waals surface area (Å²) in [6.45, 7) is 0.609. The van der Waals surface area contributed by atoms with Crippen LogP contribution in [0.15, 0.2) is 47.4 Å². The third kappa shape index (κ3) is 3.73. The van der Waals surface area contributed by atoms with Gasteiger partial charge < -0.3 is 4.74 Å². The van der Waals surface area contributed by atoms with Gasteiger partial charge in [-0.05, 0) is 35.9 Å². The van der Waals surface area contributed by atoms with Gasteiger partial charge in [0.2, 0.25) is 10.0 Å². The van der Waals surface area contributed by atoms with E-state index >= 15 is 0 Å². The molecule has 2 aromatic carbocycles. The highest BCUT2D eigenvalue weighted by Gasteiger charge is 2.31. The Hall–Kier alpha value is -1.18. The molecule has 0 amide bonds. The van der Waals surface area contributed by atoms with Gasteiger partial charge in [-0.3, -0.25) is 0 Å². The van der Waals surface area contributed by atoms with Crippen molar-refractivity contribution in [3.8, 4) is 0 Å². The fourth-order valence-electron chi connectivity index (χ4n) is 2.55. The molecule has 0 saturated carbocycles. The minimum atomic E-state index is -3.75. The van der Waals surface area contributed by atoms with Crippen molar-refractivity contribution in [3.05, 3.63) is 63.9 Å². The minimum absolute atomic E-state index is 0.0414. The van der Waals surface area contributed by atoms with E-state index in [1.807, 2.05) is 0 Å². The largest absolute Gasteiger partial charge is 0.371 e. The number of sulfonamides is 1. The van der Waals surface area contributed by atoms with Crippen molar-refractivity contribution < 1.29 is 17.5 Å². The van der Waals surface area contributed by atoms with E-state index in [9.17, 15) is 12.8 Å². The summed E-state index contributed by atoms with van der Waals surface area (Å²) in [5.41, 5.74) is 0.723. The van der Waals surface area contributed by atoms with Crippen LogP contribution in [0.1, 0.15) is 11.7 Å². The van der Waals surface area contributed by atoms with Gasteiger partial charge in [0.1, 0.15) is 5.82 Å².